The Bertz CT molecular complexity index is 1030. The molecule has 0 aliphatic rings. The topological polar surface area (TPSA) is 30.7 Å². The summed E-state index contributed by atoms with van der Waals surface area (Å²) in [6.07, 6.45) is 3.88. The Kier molecular flexibility index (Phi) is 5.34. The zero-order valence-electron chi connectivity index (χ0n) is 16.4. The summed E-state index contributed by atoms with van der Waals surface area (Å²) in [5.41, 5.74) is 5.96. The molecule has 0 N–H and O–H groups in total. The van der Waals surface area contributed by atoms with E-state index < -0.39 is 0 Å². The minimum Gasteiger partial charge on any atom is -0.243 e. The number of aromatic nitrogens is 3. The fourth-order valence-electron chi connectivity index (χ4n) is 3.64. The average molecular weight is 367 g/mol. The van der Waals surface area contributed by atoms with E-state index in [1.165, 1.54) is 22.3 Å². The minimum atomic E-state index is 0.344. The van der Waals surface area contributed by atoms with Crippen LogP contribution in [0.5, 0.6) is 0 Å². The molecule has 0 saturated heterocycles. The quantitative estimate of drug-likeness (QED) is 0.382. The predicted molar refractivity (Wildman–Crippen MR) is 116 cm³/mol. The van der Waals surface area contributed by atoms with Crippen LogP contribution in [0.1, 0.15) is 32.7 Å². The monoisotopic (exact) mass is 367 g/mol. The van der Waals surface area contributed by atoms with E-state index in [2.05, 4.69) is 96.7 Å². The molecule has 0 aliphatic carbocycles. The molecule has 0 bridgehead atoms. The summed E-state index contributed by atoms with van der Waals surface area (Å²) < 4.78 is 2.04. The SMILES string of the molecule is CCCC(C)n1ncnc1-c1cccc(-c2ccc(-c3ccccc3)cc2)c1. The molecule has 1 unspecified atom stereocenters. The second kappa shape index (κ2) is 8.22. The lowest BCUT2D eigenvalue weighted by molar-refractivity contribution is 0.459. The third-order valence-electron chi connectivity index (χ3n) is 5.14. The van der Waals surface area contributed by atoms with Crippen LogP contribution in [-0.4, -0.2) is 14.8 Å². The molecule has 4 aromatic rings. The van der Waals surface area contributed by atoms with Crippen LogP contribution < -0.4 is 0 Å². The van der Waals surface area contributed by atoms with Crippen LogP contribution in [0.25, 0.3) is 33.6 Å². The highest BCUT2D eigenvalue weighted by molar-refractivity contribution is 5.73. The number of rotatable bonds is 6. The Hall–Kier alpha value is -3.20. The minimum absolute atomic E-state index is 0.344. The maximum Gasteiger partial charge on any atom is 0.158 e. The van der Waals surface area contributed by atoms with Crippen molar-refractivity contribution in [2.45, 2.75) is 32.7 Å². The van der Waals surface area contributed by atoms with Gasteiger partial charge in [0.15, 0.2) is 5.82 Å². The van der Waals surface area contributed by atoms with Gasteiger partial charge >= 0.3 is 0 Å². The van der Waals surface area contributed by atoms with Crippen molar-refractivity contribution in [3.8, 4) is 33.6 Å². The van der Waals surface area contributed by atoms with Crippen molar-refractivity contribution in [2.24, 2.45) is 0 Å². The van der Waals surface area contributed by atoms with Crippen molar-refractivity contribution in [1.29, 1.82) is 0 Å². The molecule has 0 saturated carbocycles. The highest BCUT2D eigenvalue weighted by Gasteiger charge is 2.13. The summed E-state index contributed by atoms with van der Waals surface area (Å²) in [7, 11) is 0. The highest BCUT2D eigenvalue weighted by Crippen LogP contribution is 2.29. The van der Waals surface area contributed by atoms with Crippen molar-refractivity contribution in [3.05, 3.63) is 85.2 Å². The van der Waals surface area contributed by atoms with E-state index >= 15 is 0 Å². The Morgan fingerprint density at radius 3 is 2.07 bits per heavy atom. The number of hydrogen-bond donors (Lipinski definition) is 0. The van der Waals surface area contributed by atoms with Gasteiger partial charge in [0.05, 0.1) is 6.04 Å². The third kappa shape index (κ3) is 3.74. The van der Waals surface area contributed by atoms with Gasteiger partial charge in [0.25, 0.3) is 0 Å². The fraction of sp³-hybridized carbons (Fsp3) is 0.200. The van der Waals surface area contributed by atoms with Gasteiger partial charge in [-0.3, -0.25) is 0 Å². The third-order valence-corrected chi connectivity index (χ3v) is 5.14. The van der Waals surface area contributed by atoms with E-state index in [4.69, 9.17) is 0 Å². The lowest BCUT2D eigenvalue weighted by Crippen LogP contribution is -2.08. The van der Waals surface area contributed by atoms with Crippen LogP contribution in [0.2, 0.25) is 0 Å². The molecule has 140 valence electrons. The van der Waals surface area contributed by atoms with Gasteiger partial charge in [0, 0.05) is 5.56 Å². The van der Waals surface area contributed by atoms with Gasteiger partial charge in [-0.1, -0.05) is 86.1 Å². The van der Waals surface area contributed by atoms with Gasteiger partial charge in [0.2, 0.25) is 0 Å². The maximum atomic E-state index is 4.53. The van der Waals surface area contributed by atoms with Gasteiger partial charge in [-0.15, -0.1) is 0 Å². The summed E-state index contributed by atoms with van der Waals surface area (Å²) >= 11 is 0. The predicted octanol–water partition coefficient (Wildman–Crippen LogP) is 6.64. The van der Waals surface area contributed by atoms with Crippen molar-refractivity contribution < 1.29 is 0 Å². The number of hydrogen-bond acceptors (Lipinski definition) is 2. The molecule has 0 spiro atoms. The normalized spacial score (nSPS) is 12.1. The molecule has 3 nitrogen and oxygen atoms in total. The lowest BCUT2D eigenvalue weighted by Gasteiger charge is -2.14. The van der Waals surface area contributed by atoms with Crippen LogP contribution in [0.15, 0.2) is 85.2 Å². The standard InChI is InChI=1S/C25H25N3/c1-3-8-19(2)28-25(26-18-27-28)24-12-7-11-23(17-24)22-15-13-21(14-16-22)20-9-5-4-6-10-20/h4-7,9-19H,3,8H2,1-2H3. The summed E-state index contributed by atoms with van der Waals surface area (Å²) in [5.74, 6) is 0.934. The molecule has 0 aliphatic heterocycles. The van der Waals surface area contributed by atoms with Crippen LogP contribution in [0.4, 0.5) is 0 Å². The molecule has 1 atom stereocenters. The first-order chi connectivity index (χ1) is 13.8. The molecule has 3 heteroatoms. The zero-order chi connectivity index (χ0) is 19.3. The lowest BCUT2D eigenvalue weighted by atomic mass is 9.99. The average Bonchev–Trinajstić information content (AvgIpc) is 3.25. The second-order valence-electron chi connectivity index (χ2n) is 7.19. The first-order valence-electron chi connectivity index (χ1n) is 9.92. The van der Waals surface area contributed by atoms with E-state index in [1.54, 1.807) is 6.33 Å². The fourth-order valence-corrected chi connectivity index (χ4v) is 3.64. The first-order valence-corrected chi connectivity index (χ1v) is 9.92. The van der Waals surface area contributed by atoms with E-state index in [0.717, 1.165) is 24.2 Å². The Morgan fingerprint density at radius 1 is 0.750 bits per heavy atom. The maximum absolute atomic E-state index is 4.53. The molecule has 0 amide bonds. The molecule has 3 aromatic carbocycles. The summed E-state index contributed by atoms with van der Waals surface area (Å²) in [4.78, 5) is 4.53. The molecule has 4 rings (SSSR count). The number of benzene rings is 3. The second-order valence-corrected chi connectivity index (χ2v) is 7.19. The Labute approximate surface area is 166 Å². The summed E-state index contributed by atoms with van der Waals surface area (Å²) in [5, 5.41) is 4.46. The van der Waals surface area contributed by atoms with Gasteiger partial charge in [-0.2, -0.15) is 5.10 Å². The van der Waals surface area contributed by atoms with Crippen LogP contribution in [0, 0.1) is 0 Å². The van der Waals surface area contributed by atoms with E-state index in [0.29, 0.717) is 6.04 Å². The van der Waals surface area contributed by atoms with Gasteiger partial charge in [-0.25, -0.2) is 9.67 Å². The highest BCUT2D eigenvalue weighted by atomic mass is 15.3. The smallest absolute Gasteiger partial charge is 0.158 e. The molecular weight excluding hydrogens is 342 g/mol. The van der Waals surface area contributed by atoms with Crippen molar-refractivity contribution in [2.75, 3.05) is 0 Å². The molecule has 0 fully saturated rings. The van der Waals surface area contributed by atoms with Crippen molar-refractivity contribution >= 4 is 0 Å². The van der Waals surface area contributed by atoms with Gasteiger partial charge < -0.3 is 0 Å². The zero-order valence-corrected chi connectivity index (χ0v) is 16.4. The van der Waals surface area contributed by atoms with Crippen LogP contribution in [0.3, 0.4) is 0 Å². The van der Waals surface area contributed by atoms with Gasteiger partial charge in [-0.05, 0) is 41.7 Å². The summed E-state index contributed by atoms with van der Waals surface area (Å²) in [6, 6.07) is 28.1. The number of nitrogens with zero attached hydrogens (tertiary/aromatic N) is 3. The molecule has 28 heavy (non-hydrogen) atoms. The van der Waals surface area contributed by atoms with Crippen molar-refractivity contribution in [3.63, 3.8) is 0 Å². The molecule has 1 heterocycles. The van der Waals surface area contributed by atoms with Crippen LogP contribution >= 0.6 is 0 Å². The van der Waals surface area contributed by atoms with E-state index in [1.807, 2.05) is 10.7 Å². The van der Waals surface area contributed by atoms with E-state index in [-0.39, 0.29) is 0 Å². The van der Waals surface area contributed by atoms with E-state index in [9.17, 15) is 0 Å². The first kappa shape index (κ1) is 18.2. The van der Waals surface area contributed by atoms with Gasteiger partial charge in [0.1, 0.15) is 6.33 Å². The largest absolute Gasteiger partial charge is 0.243 e. The van der Waals surface area contributed by atoms with Crippen LogP contribution in [-0.2, 0) is 0 Å². The molecule has 0 radical (unpaired) electrons. The van der Waals surface area contributed by atoms with Crippen molar-refractivity contribution in [1.82, 2.24) is 14.8 Å². The summed E-state index contributed by atoms with van der Waals surface area (Å²) in [6.45, 7) is 4.40. The Balaban J connectivity index is 1.64. The molecule has 1 aromatic heterocycles. The molecular formula is C25H25N3. The Morgan fingerprint density at radius 2 is 1.36 bits per heavy atom.